The van der Waals surface area contributed by atoms with Crippen LogP contribution in [0.3, 0.4) is 0 Å². The van der Waals surface area contributed by atoms with E-state index in [9.17, 15) is 19.2 Å². The van der Waals surface area contributed by atoms with E-state index in [1.165, 1.54) is 0 Å². The number of rotatable bonds is 9. The highest BCUT2D eigenvalue weighted by molar-refractivity contribution is 7.80. The van der Waals surface area contributed by atoms with Gasteiger partial charge in [-0.3, -0.25) is 14.4 Å². The summed E-state index contributed by atoms with van der Waals surface area (Å²) in [6.45, 7) is 0. The predicted octanol–water partition coefficient (Wildman–Crippen LogP) is -2.90. The molecule has 11 heteroatoms. The van der Waals surface area contributed by atoms with Gasteiger partial charge in [-0.1, -0.05) is 0 Å². The van der Waals surface area contributed by atoms with Crippen molar-refractivity contribution in [3.63, 3.8) is 0 Å². The third-order valence-corrected chi connectivity index (χ3v) is 3.13. The second kappa shape index (κ2) is 9.47. The van der Waals surface area contributed by atoms with E-state index in [1.807, 2.05) is 0 Å². The van der Waals surface area contributed by atoms with E-state index in [0.29, 0.717) is 0 Å². The predicted molar refractivity (Wildman–Crippen MR) is 81.0 cm³/mol. The quantitative estimate of drug-likeness (QED) is 0.223. The number of amides is 3. The summed E-state index contributed by atoms with van der Waals surface area (Å²) in [5.74, 6) is -3.74. The zero-order chi connectivity index (χ0) is 16.6. The Morgan fingerprint density at radius 1 is 1.00 bits per heavy atom. The fraction of sp³-hybridized carbons (Fsp3) is 0.600. The maximum atomic E-state index is 11.9. The van der Waals surface area contributed by atoms with Crippen LogP contribution < -0.4 is 22.1 Å². The fourth-order valence-corrected chi connectivity index (χ4v) is 1.65. The summed E-state index contributed by atoms with van der Waals surface area (Å²) in [5, 5.41) is 13.3. The zero-order valence-corrected chi connectivity index (χ0v) is 12.8. The number of hydrogen-bond donors (Lipinski definition) is 7. The molecule has 0 saturated heterocycles. The maximum Gasteiger partial charge on any atom is 0.326 e. The number of carboxylic acid groups (broad SMARTS) is 1. The topological polar surface area (TPSA) is 165 Å². The Morgan fingerprint density at radius 3 is 1.90 bits per heavy atom. The summed E-state index contributed by atoms with van der Waals surface area (Å²) in [6, 6.07) is -3.49. The molecule has 0 rings (SSSR count). The Balaban J connectivity index is 4.73. The molecule has 0 aliphatic carbocycles. The third-order valence-electron chi connectivity index (χ3n) is 2.37. The van der Waals surface area contributed by atoms with Crippen LogP contribution in [0, 0.1) is 0 Å². The molecule has 0 bridgehead atoms. The molecule has 9 nitrogen and oxygen atoms in total. The minimum absolute atomic E-state index is 0.0756. The third kappa shape index (κ3) is 7.20. The minimum Gasteiger partial charge on any atom is -0.480 e. The molecule has 0 aliphatic rings. The van der Waals surface area contributed by atoms with E-state index in [1.54, 1.807) is 0 Å². The molecule has 0 aliphatic heterocycles. The van der Waals surface area contributed by atoms with Crippen molar-refractivity contribution >= 4 is 48.9 Å². The maximum absolute atomic E-state index is 11.9. The number of aliphatic carboxylic acids is 1. The second-order valence-electron chi connectivity index (χ2n) is 4.10. The van der Waals surface area contributed by atoms with Crippen molar-refractivity contribution in [1.29, 1.82) is 0 Å². The molecule has 3 atom stereocenters. The molecule has 0 heterocycles. The van der Waals surface area contributed by atoms with E-state index in [-0.39, 0.29) is 11.5 Å². The van der Waals surface area contributed by atoms with Gasteiger partial charge in [-0.2, -0.15) is 25.3 Å². The first-order chi connectivity index (χ1) is 9.72. The van der Waals surface area contributed by atoms with Crippen LogP contribution in [0.4, 0.5) is 0 Å². The summed E-state index contributed by atoms with van der Waals surface area (Å²) < 4.78 is 0. The highest BCUT2D eigenvalue weighted by Crippen LogP contribution is 1.97. The van der Waals surface area contributed by atoms with Crippen LogP contribution in [-0.4, -0.2) is 58.4 Å². The van der Waals surface area contributed by atoms with Gasteiger partial charge in [-0.25, -0.2) is 4.79 Å². The number of nitrogens with two attached hydrogens (primary N) is 2. The van der Waals surface area contributed by atoms with Gasteiger partial charge in [0.1, 0.15) is 12.1 Å². The van der Waals surface area contributed by atoms with Crippen LogP contribution in [0.2, 0.25) is 0 Å². The van der Waals surface area contributed by atoms with Crippen LogP contribution in [0.1, 0.15) is 6.42 Å². The van der Waals surface area contributed by atoms with Gasteiger partial charge in [0.15, 0.2) is 0 Å². The molecule has 3 amide bonds. The highest BCUT2D eigenvalue weighted by atomic mass is 32.1. The summed E-state index contributed by atoms with van der Waals surface area (Å²) >= 11 is 7.74. The smallest absolute Gasteiger partial charge is 0.326 e. The molecule has 7 N–H and O–H groups in total. The number of carboxylic acids is 1. The number of thiol groups is 2. The number of carbonyl (C=O) groups excluding carboxylic acids is 3. The molecule has 0 saturated carbocycles. The summed E-state index contributed by atoms with van der Waals surface area (Å²) in [7, 11) is 0. The summed E-state index contributed by atoms with van der Waals surface area (Å²) in [4.78, 5) is 45.1. The Kier molecular flexibility index (Phi) is 8.81. The molecule has 0 spiro atoms. The van der Waals surface area contributed by atoms with E-state index in [4.69, 9.17) is 16.6 Å². The van der Waals surface area contributed by atoms with E-state index >= 15 is 0 Å². The molecule has 21 heavy (non-hydrogen) atoms. The number of hydrogen-bond acceptors (Lipinski definition) is 7. The molecular formula is C10H18N4O5S2. The van der Waals surface area contributed by atoms with Gasteiger partial charge in [-0.05, 0) is 0 Å². The van der Waals surface area contributed by atoms with Gasteiger partial charge in [-0.15, -0.1) is 0 Å². The van der Waals surface area contributed by atoms with E-state index in [0.717, 1.165) is 0 Å². The average molecular weight is 338 g/mol. The van der Waals surface area contributed by atoms with Crippen molar-refractivity contribution in [1.82, 2.24) is 10.6 Å². The molecular weight excluding hydrogens is 320 g/mol. The second-order valence-corrected chi connectivity index (χ2v) is 4.83. The van der Waals surface area contributed by atoms with E-state index < -0.39 is 48.2 Å². The first-order valence-electron chi connectivity index (χ1n) is 5.82. The van der Waals surface area contributed by atoms with Crippen molar-refractivity contribution in [2.45, 2.75) is 24.5 Å². The fourth-order valence-electron chi connectivity index (χ4n) is 1.23. The Hall–Kier alpha value is -1.46. The average Bonchev–Trinajstić information content (AvgIpc) is 2.41. The van der Waals surface area contributed by atoms with Gasteiger partial charge in [0.2, 0.25) is 17.7 Å². The molecule has 120 valence electrons. The lowest BCUT2D eigenvalue weighted by molar-refractivity contribution is -0.143. The van der Waals surface area contributed by atoms with Gasteiger partial charge in [0, 0.05) is 11.5 Å². The largest absolute Gasteiger partial charge is 0.480 e. The SMILES string of the molecule is NC(=O)C[C@H](NC(=O)[C@H](CS)NC(=O)[C@@H](N)CS)C(=O)O. The van der Waals surface area contributed by atoms with Crippen molar-refractivity contribution in [3.8, 4) is 0 Å². The first-order valence-corrected chi connectivity index (χ1v) is 7.08. The zero-order valence-electron chi connectivity index (χ0n) is 11.0. The van der Waals surface area contributed by atoms with Crippen LogP contribution >= 0.6 is 25.3 Å². The lowest BCUT2D eigenvalue weighted by Gasteiger charge is -2.20. The van der Waals surface area contributed by atoms with Crippen molar-refractivity contribution in [3.05, 3.63) is 0 Å². The Bertz CT molecular complexity index is 420. The molecule has 0 aromatic rings. The van der Waals surface area contributed by atoms with Crippen molar-refractivity contribution in [2.75, 3.05) is 11.5 Å². The minimum atomic E-state index is -1.48. The highest BCUT2D eigenvalue weighted by Gasteiger charge is 2.27. The Morgan fingerprint density at radius 2 is 1.52 bits per heavy atom. The van der Waals surface area contributed by atoms with Gasteiger partial charge < -0.3 is 27.2 Å². The lowest BCUT2D eigenvalue weighted by atomic mass is 10.1. The van der Waals surface area contributed by atoms with E-state index in [2.05, 4.69) is 35.9 Å². The van der Waals surface area contributed by atoms with Gasteiger partial charge in [0.25, 0.3) is 0 Å². The molecule has 0 aromatic carbocycles. The lowest BCUT2D eigenvalue weighted by Crippen LogP contribution is -2.56. The molecule has 0 unspecified atom stereocenters. The molecule has 0 radical (unpaired) electrons. The van der Waals surface area contributed by atoms with Gasteiger partial charge >= 0.3 is 5.97 Å². The molecule has 0 aromatic heterocycles. The van der Waals surface area contributed by atoms with Crippen LogP contribution in [0.5, 0.6) is 0 Å². The summed E-state index contributed by atoms with van der Waals surface area (Å²) in [5.41, 5.74) is 10.3. The monoisotopic (exact) mass is 338 g/mol. The number of nitrogens with one attached hydrogen (secondary N) is 2. The normalized spacial score (nSPS) is 14.6. The van der Waals surface area contributed by atoms with Crippen LogP contribution in [0.25, 0.3) is 0 Å². The molecule has 0 fully saturated rings. The first kappa shape index (κ1) is 19.5. The number of carbonyl (C=O) groups is 4. The Labute approximate surface area is 132 Å². The standard InChI is InChI=1S/C10H18N4O5S2/c11-4(2-20)8(16)14-6(3-21)9(17)13-5(10(18)19)1-7(12)15/h4-6,20-21H,1-3,11H2,(H2,12,15)(H,13,17)(H,14,16)(H,18,19)/t4-,5-,6-/m0/s1. The number of primary amides is 1. The van der Waals surface area contributed by atoms with Crippen molar-refractivity contribution < 1.29 is 24.3 Å². The van der Waals surface area contributed by atoms with Crippen LogP contribution in [0.15, 0.2) is 0 Å². The van der Waals surface area contributed by atoms with Crippen molar-refractivity contribution in [2.24, 2.45) is 11.5 Å². The van der Waals surface area contributed by atoms with Crippen LogP contribution in [-0.2, 0) is 19.2 Å². The van der Waals surface area contributed by atoms with Gasteiger partial charge in [0.05, 0.1) is 12.5 Å². The summed E-state index contributed by atoms with van der Waals surface area (Å²) in [6.07, 6.45) is -0.565.